The lowest BCUT2D eigenvalue weighted by atomic mass is 9.47. The second kappa shape index (κ2) is 31.4. The van der Waals surface area contributed by atoms with Crippen LogP contribution in [-0.4, -0.2) is 140 Å². The Morgan fingerprint density at radius 1 is 0.750 bits per heavy atom. The van der Waals surface area contributed by atoms with E-state index in [0.29, 0.717) is 96.2 Å². The van der Waals surface area contributed by atoms with Crippen LogP contribution in [0.25, 0.3) is 0 Å². The van der Waals surface area contributed by atoms with Crippen molar-refractivity contribution < 1.29 is 57.4 Å². The Bertz CT molecular complexity index is 1650. The monoisotopic (exact) mass is 1020 g/mol. The number of unbranched alkanes of at least 4 members (excludes halogenated alkanes) is 1. The van der Waals surface area contributed by atoms with E-state index in [4.69, 9.17) is 38.9 Å². The van der Waals surface area contributed by atoms with E-state index >= 15 is 0 Å². The number of aliphatic hydroxyl groups excluding tert-OH is 1. The zero-order valence-corrected chi connectivity index (χ0v) is 45.2. The van der Waals surface area contributed by atoms with Crippen LogP contribution in [0.4, 0.5) is 4.79 Å². The van der Waals surface area contributed by atoms with Crippen molar-refractivity contribution in [3.8, 4) is 0 Å². The normalized spacial score (nSPS) is 27.4. The Balaban J connectivity index is 0.836. The highest BCUT2D eigenvalue weighted by Gasteiger charge is 2.59. The number of carbonyl (C=O) groups is 4. The third kappa shape index (κ3) is 19.8. The van der Waals surface area contributed by atoms with Crippen LogP contribution in [0.5, 0.6) is 0 Å². The smallest absolute Gasteiger partial charge is 0.407 e. The molecule has 0 bridgehead atoms. The summed E-state index contributed by atoms with van der Waals surface area (Å²) in [5.41, 5.74) is 6.67. The number of rotatable bonds is 38. The molecule has 4 saturated carbocycles. The first-order valence-corrected chi connectivity index (χ1v) is 28.2. The maximum atomic E-state index is 13.0. The summed E-state index contributed by atoms with van der Waals surface area (Å²) in [6, 6.07) is 0. The molecule has 16 heteroatoms. The van der Waals surface area contributed by atoms with Crippen molar-refractivity contribution in [2.75, 3.05) is 92.4 Å². The molecule has 5 rings (SSSR count). The van der Waals surface area contributed by atoms with E-state index in [1.54, 1.807) is 5.57 Å². The number of carbonyl (C=O) groups excluding carboxylic acids is 4. The topological polar surface area (TPSA) is 215 Å². The van der Waals surface area contributed by atoms with Gasteiger partial charge < -0.3 is 64.7 Å². The molecule has 0 saturated heterocycles. The minimum Gasteiger partial charge on any atom is -0.446 e. The van der Waals surface area contributed by atoms with Gasteiger partial charge in [-0.1, -0.05) is 65.5 Å². The fraction of sp³-hybridized carbons (Fsp3) is 0.893. The predicted molar refractivity (Wildman–Crippen MR) is 277 cm³/mol. The summed E-state index contributed by atoms with van der Waals surface area (Å²) in [4.78, 5) is 49.1. The molecule has 414 valence electrons. The van der Waals surface area contributed by atoms with Gasteiger partial charge in [-0.2, -0.15) is 0 Å². The Labute approximate surface area is 432 Å². The van der Waals surface area contributed by atoms with Gasteiger partial charge in [0.25, 0.3) is 0 Å². The van der Waals surface area contributed by atoms with Crippen molar-refractivity contribution in [2.45, 2.75) is 174 Å². The maximum Gasteiger partial charge on any atom is 0.407 e. The predicted octanol–water partition coefficient (Wildman–Crippen LogP) is 7.42. The molecular weight excluding hydrogens is 921 g/mol. The summed E-state index contributed by atoms with van der Waals surface area (Å²) in [6.07, 6.45) is 20.2. The fourth-order valence-corrected chi connectivity index (χ4v) is 12.8. The molecule has 5 aliphatic carbocycles. The minimum absolute atomic E-state index is 0.0108. The van der Waals surface area contributed by atoms with Gasteiger partial charge in [-0.05, 0) is 129 Å². The molecule has 6 N–H and O–H groups in total. The van der Waals surface area contributed by atoms with Crippen LogP contribution < -0.4 is 21.7 Å². The molecular formula is C56H98N4O12. The number of allylic oxidation sites excluding steroid dienone is 1. The van der Waals surface area contributed by atoms with Gasteiger partial charge in [-0.3, -0.25) is 9.59 Å². The quantitative estimate of drug-likeness (QED) is 0.0176. The molecule has 0 aromatic heterocycles. The van der Waals surface area contributed by atoms with Gasteiger partial charge >= 0.3 is 6.09 Å². The fourth-order valence-electron chi connectivity index (χ4n) is 12.8. The molecule has 0 aromatic carbocycles. The first kappa shape index (κ1) is 60.2. The highest BCUT2D eigenvalue weighted by atomic mass is 16.6. The van der Waals surface area contributed by atoms with Gasteiger partial charge in [0, 0.05) is 52.0 Å². The van der Waals surface area contributed by atoms with E-state index < -0.39 is 11.8 Å². The second-order valence-electron chi connectivity index (χ2n) is 23.1. The van der Waals surface area contributed by atoms with Gasteiger partial charge in [-0.15, -0.1) is 0 Å². The molecule has 0 aliphatic heterocycles. The van der Waals surface area contributed by atoms with Crippen molar-refractivity contribution in [1.29, 1.82) is 0 Å². The zero-order chi connectivity index (χ0) is 51.8. The zero-order valence-electron chi connectivity index (χ0n) is 45.2. The van der Waals surface area contributed by atoms with Crippen LogP contribution in [0.15, 0.2) is 11.6 Å². The van der Waals surface area contributed by atoms with Gasteiger partial charge in [0.05, 0.1) is 59.5 Å². The van der Waals surface area contributed by atoms with Crippen LogP contribution >= 0.6 is 0 Å². The summed E-state index contributed by atoms with van der Waals surface area (Å²) >= 11 is 0. The number of alkyl carbamates (subject to hydrolysis) is 1. The summed E-state index contributed by atoms with van der Waals surface area (Å²) in [5.74, 6) is 5.05. The van der Waals surface area contributed by atoms with Crippen molar-refractivity contribution in [2.24, 2.45) is 58.0 Å². The first-order chi connectivity index (χ1) is 34.7. The van der Waals surface area contributed by atoms with Crippen molar-refractivity contribution in [1.82, 2.24) is 16.0 Å². The highest BCUT2D eigenvalue weighted by Crippen LogP contribution is 2.67. The molecule has 4 fully saturated rings. The standard InChI is InChI=1S/C56H98N4O12/c1-41(2)10-8-11-42(3)47-18-19-48-46-17-16-44-36-45(20-23-54(44,4)49(46)21-24-55(47,48)5)72-53(65)59-25-9-28-66-32-34-68-35-33-67-30-26-58-51(63)12-6-7-13-52(64)60-56(39-70-31-27-61,38-69-29-22-50(57)62)40-71-37-43-14-15-43/h16,27,41-43,45-50,62H,6-15,17-26,28-40,57H2,1-5H3,(H,58,63)(H,59,65)(H,60,64)/t42-,45?,46?,47-,48+,49+,50?,54?,55-,56?/m1/s1. The summed E-state index contributed by atoms with van der Waals surface area (Å²) in [7, 11) is 0. The molecule has 0 radical (unpaired) electrons. The molecule has 3 amide bonds. The molecule has 72 heavy (non-hydrogen) atoms. The third-order valence-corrected chi connectivity index (χ3v) is 17.0. The Morgan fingerprint density at radius 3 is 2.18 bits per heavy atom. The number of amides is 3. The van der Waals surface area contributed by atoms with E-state index in [-0.39, 0.29) is 81.7 Å². The average molecular weight is 1020 g/mol. The lowest BCUT2D eigenvalue weighted by Crippen LogP contribution is -2.58. The van der Waals surface area contributed by atoms with Crippen molar-refractivity contribution >= 4 is 24.2 Å². The number of nitrogens with one attached hydrogen (secondary N) is 3. The Morgan fingerprint density at radius 2 is 1.46 bits per heavy atom. The minimum atomic E-state index is -1.02. The van der Waals surface area contributed by atoms with Gasteiger partial charge in [-0.25, -0.2) is 4.79 Å². The molecule has 5 unspecified atom stereocenters. The Kier molecular flexibility index (Phi) is 26.2. The molecule has 10 atom stereocenters. The third-order valence-electron chi connectivity index (χ3n) is 17.0. The Hall–Kier alpha value is -2.70. The molecule has 5 aliphatic rings. The van der Waals surface area contributed by atoms with Gasteiger partial charge in [0.2, 0.25) is 11.8 Å². The molecule has 0 spiro atoms. The number of hydrogen-bond donors (Lipinski definition) is 5. The number of hydrogen-bond acceptors (Lipinski definition) is 13. The van der Waals surface area contributed by atoms with Crippen LogP contribution in [-0.2, 0) is 47.5 Å². The van der Waals surface area contributed by atoms with Crippen LogP contribution in [0.3, 0.4) is 0 Å². The van der Waals surface area contributed by atoms with Crippen LogP contribution in [0.1, 0.15) is 157 Å². The maximum absolute atomic E-state index is 13.0. The van der Waals surface area contributed by atoms with Gasteiger partial charge in [0.15, 0.2) is 0 Å². The SMILES string of the molecule is CC(C)CCC[C@@H](C)[C@H]1CC[C@H]2C3CC=C4CC(OC(=O)NCCCOCCOCCOCCNC(=O)CCCCC(=O)NC(COCC=O)(COCCC(N)O)COCC5CC5)CCC4(C)[C@H]3CC[C@]12C. The number of aldehydes is 1. The van der Waals surface area contributed by atoms with E-state index in [1.165, 1.54) is 51.4 Å². The second-order valence-corrected chi connectivity index (χ2v) is 23.1. The highest BCUT2D eigenvalue weighted by molar-refractivity contribution is 5.77. The summed E-state index contributed by atoms with van der Waals surface area (Å²) in [5, 5.41) is 18.2. The van der Waals surface area contributed by atoms with Crippen molar-refractivity contribution in [3.05, 3.63) is 11.6 Å². The molecule has 16 nitrogen and oxygen atoms in total. The van der Waals surface area contributed by atoms with Crippen molar-refractivity contribution in [3.63, 3.8) is 0 Å². The average Bonchev–Trinajstić information content (AvgIpc) is 4.09. The number of ether oxygens (including phenoxy) is 7. The summed E-state index contributed by atoms with van der Waals surface area (Å²) < 4.78 is 40.0. The number of fused-ring (bicyclic) bond motifs is 5. The van der Waals surface area contributed by atoms with Gasteiger partial charge in [0.1, 0.15) is 30.8 Å². The largest absolute Gasteiger partial charge is 0.446 e. The number of aliphatic hydroxyl groups is 1. The van der Waals surface area contributed by atoms with E-state index in [0.717, 1.165) is 67.6 Å². The van der Waals surface area contributed by atoms with Crippen LogP contribution in [0, 0.1) is 52.3 Å². The van der Waals surface area contributed by atoms with E-state index in [9.17, 15) is 24.3 Å². The lowest BCUT2D eigenvalue weighted by Gasteiger charge is -2.58. The summed E-state index contributed by atoms with van der Waals surface area (Å²) in [6.45, 7) is 16.7. The van der Waals surface area contributed by atoms with Crippen LogP contribution in [0.2, 0.25) is 0 Å². The molecule has 0 aromatic rings. The number of nitrogens with two attached hydrogens (primary N) is 1. The van der Waals surface area contributed by atoms with E-state index in [2.05, 4.69) is 56.6 Å². The molecule has 0 heterocycles. The van der Waals surface area contributed by atoms with E-state index in [1.807, 2.05) is 0 Å². The lowest BCUT2D eigenvalue weighted by molar-refractivity contribution is -0.129. The first-order valence-electron chi connectivity index (χ1n) is 28.2.